The molecule has 3 aliphatic rings. The highest BCUT2D eigenvalue weighted by atomic mass is 32.1. The molecule has 1 aromatic carbocycles. The van der Waals surface area contributed by atoms with E-state index < -0.39 is 0 Å². The molecule has 1 saturated heterocycles. The lowest BCUT2D eigenvalue weighted by molar-refractivity contribution is -0.123. The van der Waals surface area contributed by atoms with E-state index in [1.807, 2.05) is 12.1 Å². The molecule has 0 aromatic heterocycles. The molecular formula is C15H14NO2S-. The molecule has 4 rings (SSSR count). The van der Waals surface area contributed by atoms with Gasteiger partial charge in [0.1, 0.15) is 0 Å². The van der Waals surface area contributed by atoms with E-state index in [1.54, 1.807) is 12.1 Å². The third-order valence-corrected chi connectivity index (χ3v) is 5.38. The van der Waals surface area contributed by atoms with Gasteiger partial charge < -0.3 is 12.6 Å². The summed E-state index contributed by atoms with van der Waals surface area (Å²) in [4.78, 5) is 27.1. The molecule has 1 aliphatic heterocycles. The van der Waals surface area contributed by atoms with Gasteiger partial charge in [-0.15, -0.1) is 0 Å². The zero-order valence-corrected chi connectivity index (χ0v) is 11.2. The molecule has 3 nitrogen and oxygen atoms in total. The van der Waals surface area contributed by atoms with Gasteiger partial charge in [0, 0.05) is 5.69 Å². The number of nitrogens with zero attached hydrogens (tertiary/aromatic N) is 1. The quantitative estimate of drug-likeness (QED) is 0.580. The number of carbonyl (C=O) groups is 2. The van der Waals surface area contributed by atoms with Crippen LogP contribution in [0.5, 0.6) is 0 Å². The predicted octanol–water partition coefficient (Wildman–Crippen LogP) is 2.13. The minimum Gasteiger partial charge on any atom is -0.778 e. The van der Waals surface area contributed by atoms with Gasteiger partial charge in [0.05, 0.1) is 11.8 Å². The van der Waals surface area contributed by atoms with Crippen LogP contribution in [0, 0.1) is 23.7 Å². The topological polar surface area (TPSA) is 37.4 Å². The van der Waals surface area contributed by atoms with Crippen molar-refractivity contribution < 1.29 is 9.59 Å². The highest BCUT2D eigenvalue weighted by Gasteiger charge is 2.61. The number of rotatable bonds is 1. The molecule has 0 radical (unpaired) electrons. The summed E-state index contributed by atoms with van der Waals surface area (Å²) < 4.78 is 0. The molecule has 2 aliphatic carbocycles. The molecule has 2 saturated carbocycles. The number of carbonyl (C=O) groups excluding carboxylic acids is 2. The standard InChI is InChI=1S/C15H15NO2S/c17-14-12-8-5-6-9(7-8)13(12)15(18)16(14)10-3-1-2-4-11(10)19/h1-4,8-9,12-13,19H,5-7H2/p-1/t8-,9+,12-,13-/m0/s1. The maximum Gasteiger partial charge on any atom is 0.237 e. The number of para-hydroxylation sites is 1. The lowest BCUT2D eigenvalue weighted by Crippen LogP contribution is -2.33. The molecule has 3 fully saturated rings. The maximum absolute atomic E-state index is 12.6. The Morgan fingerprint density at radius 2 is 1.58 bits per heavy atom. The number of hydrogen-bond donors (Lipinski definition) is 0. The van der Waals surface area contributed by atoms with E-state index >= 15 is 0 Å². The van der Waals surface area contributed by atoms with Crippen LogP contribution in [-0.4, -0.2) is 11.8 Å². The van der Waals surface area contributed by atoms with Gasteiger partial charge >= 0.3 is 0 Å². The maximum atomic E-state index is 12.6. The van der Waals surface area contributed by atoms with E-state index in [2.05, 4.69) is 0 Å². The lowest BCUT2D eigenvalue weighted by Gasteiger charge is -2.23. The van der Waals surface area contributed by atoms with Crippen LogP contribution in [0.3, 0.4) is 0 Å². The van der Waals surface area contributed by atoms with Crippen molar-refractivity contribution in [2.45, 2.75) is 24.2 Å². The van der Waals surface area contributed by atoms with Crippen molar-refractivity contribution in [2.24, 2.45) is 23.7 Å². The van der Waals surface area contributed by atoms with Crippen molar-refractivity contribution in [3.8, 4) is 0 Å². The fourth-order valence-electron chi connectivity index (χ4n) is 4.29. The Bertz CT molecular complexity index is 557. The van der Waals surface area contributed by atoms with Crippen molar-refractivity contribution in [2.75, 3.05) is 4.90 Å². The van der Waals surface area contributed by atoms with E-state index in [0.717, 1.165) is 19.3 Å². The van der Waals surface area contributed by atoms with Gasteiger partial charge in [0.2, 0.25) is 11.8 Å². The van der Waals surface area contributed by atoms with Crippen molar-refractivity contribution in [3.05, 3.63) is 24.3 Å². The molecule has 19 heavy (non-hydrogen) atoms. The number of amides is 2. The SMILES string of the molecule is O=C1[C@H]2[C@@H]3CC[C@@H](C3)[C@@H]2C(=O)N1c1ccccc1[S-]. The van der Waals surface area contributed by atoms with Crippen LogP contribution in [0.2, 0.25) is 0 Å². The van der Waals surface area contributed by atoms with Crippen LogP contribution < -0.4 is 4.90 Å². The Morgan fingerprint density at radius 1 is 1.00 bits per heavy atom. The van der Waals surface area contributed by atoms with Crippen LogP contribution in [0.15, 0.2) is 29.2 Å². The Morgan fingerprint density at radius 3 is 2.16 bits per heavy atom. The van der Waals surface area contributed by atoms with E-state index in [1.165, 1.54) is 4.90 Å². The van der Waals surface area contributed by atoms with Gasteiger partial charge in [-0.2, -0.15) is 4.90 Å². The average Bonchev–Trinajstić information content (AvgIpc) is 3.06. The molecule has 4 heteroatoms. The van der Waals surface area contributed by atoms with Crippen LogP contribution in [0.1, 0.15) is 19.3 Å². The van der Waals surface area contributed by atoms with E-state index in [4.69, 9.17) is 12.6 Å². The number of benzene rings is 1. The summed E-state index contributed by atoms with van der Waals surface area (Å²) in [6.45, 7) is 0. The minimum absolute atomic E-state index is 0.0144. The summed E-state index contributed by atoms with van der Waals surface area (Å²) >= 11 is 5.25. The number of fused-ring (bicyclic) bond motifs is 5. The minimum atomic E-state index is -0.0687. The Labute approximate surface area is 117 Å². The molecule has 2 bridgehead atoms. The monoisotopic (exact) mass is 272 g/mol. The molecule has 1 heterocycles. The van der Waals surface area contributed by atoms with Gasteiger partial charge in [-0.05, 0) is 37.2 Å². The lowest BCUT2D eigenvalue weighted by atomic mass is 9.81. The van der Waals surface area contributed by atoms with Crippen LogP contribution in [0.25, 0.3) is 0 Å². The van der Waals surface area contributed by atoms with E-state index in [-0.39, 0.29) is 23.7 Å². The van der Waals surface area contributed by atoms with E-state index in [9.17, 15) is 9.59 Å². The first-order valence-corrected chi connectivity index (χ1v) is 7.23. The van der Waals surface area contributed by atoms with E-state index in [0.29, 0.717) is 22.4 Å². The Kier molecular flexibility index (Phi) is 2.28. The summed E-state index contributed by atoms with van der Waals surface area (Å²) in [6, 6.07) is 7.21. The third-order valence-electron chi connectivity index (χ3n) is 5.03. The second-order valence-electron chi connectivity index (χ2n) is 5.86. The van der Waals surface area contributed by atoms with Gasteiger partial charge in [0.25, 0.3) is 0 Å². The normalized spacial score (nSPS) is 36.1. The van der Waals surface area contributed by atoms with Crippen molar-refractivity contribution >= 4 is 30.1 Å². The number of hydrogen-bond acceptors (Lipinski definition) is 3. The summed E-state index contributed by atoms with van der Waals surface area (Å²) in [5.74, 6) is 0.683. The van der Waals surface area contributed by atoms with Crippen LogP contribution >= 0.6 is 0 Å². The van der Waals surface area contributed by atoms with Crippen LogP contribution in [-0.2, 0) is 22.2 Å². The summed E-state index contributed by atoms with van der Waals surface area (Å²) in [5, 5.41) is 0. The molecule has 98 valence electrons. The summed E-state index contributed by atoms with van der Waals surface area (Å²) in [6.07, 6.45) is 3.28. The zero-order chi connectivity index (χ0) is 13.1. The molecule has 0 spiro atoms. The predicted molar refractivity (Wildman–Crippen MR) is 72.4 cm³/mol. The van der Waals surface area contributed by atoms with Gasteiger partial charge in [-0.3, -0.25) is 14.5 Å². The van der Waals surface area contributed by atoms with Crippen molar-refractivity contribution in [1.82, 2.24) is 0 Å². The second-order valence-corrected chi connectivity index (χ2v) is 6.30. The molecular weight excluding hydrogens is 258 g/mol. The fourth-order valence-corrected chi connectivity index (χ4v) is 4.53. The summed E-state index contributed by atoms with van der Waals surface area (Å²) in [5.41, 5.74) is 0.598. The Balaban J connectivity index is 1.78. The highest BCUT2D eigenvalue weighted by molar-refractivity contribution is 7.59. The molecule has 4 atom stereocenters. The average molecular weight is 272 g/mol. The van der Waals surface area contributed by atoms with Crippen molar-refractivity contribution in [1.29, 1.82) is 0 Å². The molecule has 2 amide bonds. The molecule has 0 N–H and O–H groups in total. The molecule has 1 aromatic rings. The first-order chi connectivity index (χ1) is 9.18. The molecule has 0 unspecified atom stereocenters. The largest absolute Gasteiger partial charge is 0.778 e. The van der Waals surface area contributed by atoms with Crippen LogP contribution in [0.4, 0.5) is 5.69 Å². The first kappa shape index (κ1) is 11.4. The van der Waals surface area contributed by atoms with Crippen molar-refractivity contribution in [3.63, 3.8) is 0 Å². The fraction of sp³-hybridized carbons (Fsp3) is 0.467. The summed E-state index contributed by atoms with van der Waals surface area (Å²) in [7, 11) is 0. The zero-order valence-electron chi connectivity index (χ0n) is 10.4. The first-order valence-electron chi connectivity index (χ1n) is 6.82. The highest BCUT2D eigenvalue weighted by Crippen LogP contribution is 2.56. The second kappa shape index (κ2) is 3.79. The Hall–Kier alpha value is -1.42. The third kappa shape index (κ3) is 1.38. The van der Waals surface area contributed by atoms with Gasteiger partial charge in [-0.25, -0.2) is 0 Å². The van der Waals surface area contributed by atoms with Gasteiger partial charge in [-0.1, -0.05) is 18.2 Å². The van der Waals surface area contributed by atoms with Gasteiger partial charge in [0.15, 0.2) is 0 Å². The smallest absolute Gasteiger partial charge is 0.237 e. The number of anilines is 1. The number of imide groups is 1.